The molecular weight excluding hydrogens is 216 g/mol. The molecule has 0 N–H and O–H groups in total. The Hall–Kier alpha value is -1.38. The molecule has 0 aliphatic heterocycles. The van der Waals surface area contributed by atoms with Crippen molar-refractivity contribution in [2.24, 2.45) is 5.92 Å². The molecule has 96 valence electrons. The summed E-state index contributed by atoms with van der Waals surface area (Å²) in [6.45, 7) is 9.26. The van der Waals surface area contributed by atoms with Crippen molar-refractivity contribution in [2.45, 2.75) is 47.5 Å². The van der Waals surface area contributed by atoms with Crippen molar-refractivity contribution in [3.63, 3.8) is 0 Å². The van der Waals surface area contributed by atoms with Gasteiger partial charge in [-0.1, -0.05) is 39.3 Å². The molecular formula is C14H22O3. The van der Waals surface area contributed by atoms with E-state index in [1.165, 1.54) is 0 Å². The molecule has 3 nitrogen and oxygen atoms in total. The Labute approximate surface area is 104 Å². The Morgan fingerprint density at radius 2 is 1.65 bits per heavy atom. The first-order valence-electron chi connectivity index (χ1n) is 6.00. The molecule has 0 bridgehead atoms. The van der Waals surface area contributed by atoms with Crippen molar-refractivity contribution in [3.8, 4) is 0 Å². The van der Waals surface area contributed by atoms with Crippen molar-refractivity contribution in [1.29, 1.82) is 0 Å². The van der Waals surface area contributed by atoms with Gasteiger partial charge in [0.25, 0.3) is 0 Å². The lowest BCUT2D eigenvalue weighted by molar-refractivity contribution is -0.154. The average Bonchev–Trinajstić information content (AvgIpc) is 2.24. The summed E-state index contributed by atoms with van der Waals surface area (Å²) in [5, 5.41) is 0. The van der Waals surface area contributed by atoms with E-state index in [0.717, 1.165) is 12.8 Å². The number of hydrogen-bond donors (Lipinski definition) is 0. The van der Waals surface area contributed by atoms with E-state index in [9.17, 15) is 9.59 Å². The highest BCUT2D eigenvalue weighted by Crippen LogP contribution is 2.07. The van der Waals surface area contributed by atoms with Gasteiger partial charge in [0.15, 0.2) is 0 Å². The van der Waals surface area contributed by atoms with E-state index in [2.05, 4.69) is 0 Å². The van der Waals surface area contributed by atoms with Gasteiger partial charge in [-0.05, 0) is 26.2 Å². The van der Waals surface area contributed by atoms with Crippen LogP contribution in [0.15, 0.2) is 23.3 Å². The molecule has 0 amide bonds. The molecule has 0 radical (unpaired) electrons. The molecule has 0 heterocycles. The van der Waals surface area contributed by atoms with Crippen LogP contribution in [0, 0.1) is 5.92 Å². The van der Waals surface area contributed by atoms with E-state index in [-0.39, 0.29) is 5.92 Å². The molecule has 0 saturated heterocycles. The second-order valence-electron chi connectivity index (χ2n) is 4.45. The second-order valence-corrected chi connectivity index (χ2v) is 4.45. The Morgan fingerprint density at radius 1 is 1.12 bits per heavy atom. The third-order valence-electron chi connectivity index (χ3n) is 2.15. The summed E-state index contributed by atoms with van der Waals surface area (Å²) < 4.78 is 4.76. The summed E-state index contributed by atoms with van der Waals surface area (Å²) >= 11 is 0. The maximum Gasteiger partial charge on any atom is 0.341 e. The average molecular weight is 238 g/mol. The van der Waals surface area contributed by atoms with Crippen molar-refractivity contribution < 1.29 is 14.3 Å². The zero-order valence-electron chi connectivity index (χ0n) is 11.4. The highest BCUT2D eigenvalue weighted by Gasteiger charge is 2.13. The number of carbonyl (C=O) groups is 2. The molecule has 3 heteroatoms. The van der Waals surface area contributed by atoms with Crippen LogP contribution in [-0.2, 0) is 14.3 Å². The summed E-state index contributed by atoms with van der Waals surface area (Å²) in [5.41, 5.74) is 0.953. The molecule has 0 aliphatic carbocycles. The van der Waals surface area contributed by atoms with E-state index in [0.29, 0.717) is 11.1 Å². The molecule has 0 rings (SSSR count). The van der Waals surface area contributed by atoms with Crippen molar-refractivity contribution in [2.75, 3.05) is 0 Å². The number of carbonyl (C=O) groups excluding carboxylic acids is 2. The van der Waals surface area contributed by atoms with E-state index in [1.54, 1.807) is 26.0 Å². The van der Waals surface area contributed by atoms with Gasteiger partial charge in [-0.2, -0.15) is 0 Å². The molecule has 0 unspecified atom stereocenters. The molecule has 0 aromatic carbocycles. The third kappa shape index (κ3) is 6.72. The van der Waals surface area contributed by atoms with Crippen LogP contribution in [0.3, 0.4) is 0 Å². The number of hydrogen-bond acceptors (Lipinski definition) is 3. The van der Waals surface area contributed by atoms with Crippen molar-refractivity contribution >= 4 is 11.9 Å². The number of rotatable bonds is 5. The lowest BCUT2D eigenvalue weighted by Crippen LogP contribution is -2.14. The fourth-order valence-corrected chi connectivity index (χ4v) is 1.26. The Balaban J connectivity index is 4.45. The monoisotopic (exact) mass is 238 g/mol. The summed E-state index contributed by atoms with van der Waals surface area (Å²) in [4.78, 5) is 23.0. The minimum absolute atomic E-state index is 0.259. The highest BCUT2D eigenvalue weighted by molar-refractivity contribution is 6.01. The molecule has 0 fully saturated rings. The molecule has 0 saturated carbocycles. The number of unbranched alkanes of at least 4 members (excludes halogenated alkanes) is 1. The van der Waals surface area contributed by atoms with Gasteiger partial charge >= 0.3 is 11.9 Å². The number of esters is 2. The SMILES string of the molecule is CCCC=C(C)C(=O)OC(=O)C(C)=CC(C)C. The lowest BCUT2D eigenvalue weighted by Gasteiger charge is -2.04. The molecule has 17 heavy (non-hydrogen) atoms. The predicted octanol–water partition coefficient (Wildman–Crippen LogP) is 3.40. The largest absolute Gasteiger partial charge is 0.386 e. The predicted molar refractivity (Wildman–Crippen MR) is 68.4 cm³/mol. The normalized spacial score (nSPS) is 12.8. The molecule has 0 atom stereocenters. The first-order valence-corrected chi connectivity index (χ1v) is 6.00. The smallest absolute Gasteiger partial charge is 0.341 e. The minimum Gasteiger partial charge on any atom is -0.386 e. The van der Waals surface area contributed by atoms with Gasteiger partial charge in [0, 0.05) is 11.1 Å². The van der Waals surface area contributed by atoms with Crippen LogP contribution in [0.4, 0.5) is 0 Å². The van der Waals surface area contributed by atoms with E-state index < -0.39 is 11.9 Å². The maximum absolute atomic E-state index is 11.5. The number of ether oxygens (including phenoxy) is 1. The summed E-state index contributed by atoms with van der Waals surface area (Å²) in [5.74, 6) is -0.859. The van der Waals surface area contributed by atoms with Gasteiger partial charge < -0.3 is 4.74 Å². The highest BCUT2D eigenvalue weighted by atomic mass is 16.6. The van der Waals surface area contributed by atoms with Crippen LogP contribution in [0.1, 0.15) is 47.5 Å². The summed E-state index contributed by atoms with van der Waals surface area (Å²) in [6.07, 6.45) is 5.35. The first kappa shape index (κ1) is 15.6. The van der Waals surface area contributed by atoms with Crippen molar-refractivity contribution in [1.82, 2.24) is 0 Å². The van der Waals surface area contributed by atoms with E-state index in [1.807, 2.05) is 20.8 Å². The Kier molecular flexibility index (Phi) is 7.19. The first-order chi connectivity index (χ1) is 7.88. The zero-order chi connectivity index (χ0) is 13.4. The third-order valence-corrected chi connectivity index (χ3v) is 2.15. The van der Waals surface area contributed by atoms with Crippen LogP contribution in [0.2, 0.25) is 0 Å². The van der Waals surface area contributed by atoms with Crippen LogP contribution < -0.4 is 0 Å². The summed E-state index contributed by atoms with van der Waals surface area (Å²) in [6, 6.07) is 0. The van der Waals surface area contributed by atoms with E-state index >= 15 is 0 Å². The van der Waals surface area contributed by atoms with Crippen LogP contribution in [0.25, 0.3) is 0 Å². The van der Waals surface area contributed by atoms with Gasteiger partial charge in [0.2, 0.25) is 0 Å². The number of allylic oxidation sites excluding steroid dienone is 2. The topological polar surface area (TPSA) is 43.4 Å². The van der Waals surface area contributed by atoms with Gasteiger partial charge in [0.05, 0.1) is 0 Å². The Bertz CT molecular complexity index is 335. The summed E-state index contributed by atoms with van der Waals surface area (Å²) in [7, 11) is 0. The molecule has 0 aliphatic rings. The lowest BCUT2D eigenvalue weighted by atomic mass is 10.1. The van der Waals surface area contributed by atoms with Crippen molar-refractivity contribution in [3.05, 3.63) is 23.3 Å². The van der Waals surface area contributed by atoms with Crippen LogP contribution >= 0.6 is 0 Å². The van der Waals surface area contributed by atoms with Gasteiger partial charge in [-0.3, -0.25) is 0 Å². The minimum atomic E-state index is -0.562. The second kappa shape index (κ2) is 7.82. The zero-order valence-corrected chi connectivity index (χ0v) is 11.4. The van der Waals surface area contributed by atoms with Gasteiger partial charge in [-0.25, -0.2) is 9.59 Å². The Morgan fingerprint density at radius 3 is 2.12 bits per heavy atom. The van der Waals surface area contributed by atoms with Gasteiger partial charge in [0.1, 0.15) is 0 Å². The molecule has 0 aromatic rings. The fourth-order valence-electron chi connectivity index (χ4n) is 1.26. The van der Waals surface area contributed by atoms with Crippen LogP contribution in [-0.4, -0.2) is 11.9 Å². The quantitative estimate of drug-likeness (QED) is 0.419. The standard InChI is InChI=1S/C14H22O3/c1-6-7-8-11(4)13(15)17-14(16)12(5)9-10(2)3/h8-10H,6-7H2,1-5H3. The maximum atomic E-state index is 11.5. The molecule has 0 aromatic heterocycles. The van der Waals surface area contributed by atoms with E-state index in [4.69, 9.17) is 4.74 Å². The van der Waals surface area contributed by atoms with Crippen LogP contribution in [0.5, 0.6) is 0 Å². The molecule has 0 spiro atoms. The van der Waals surface area contributed by atoms with Gasteiger partial charge in [-0.15, -0.1) is 0 Å². The fraction of sp³-hybridized carbons (Fsp3) is 0.571.